The molecule has 5 aromatic rings. The first-order valence-electron chi connectivity index (χ1n) is 11.5. The van der Waals surface area contributed by atoms with E-state index in [0.717, 1.165) is 5.56 Å². The number of ether oxygens (including phenoxy) is 3. The largest absolute Gasteiger partial charge is 0.493 e. The highest BCUT2D eigenvalue weighted by Crippen LogP contribution is 2.41. The van der Waals surface area contributed by atoms with Crippen molar-refractivity contribution in [3.05, 3.63) is 84.4 Å². The molecule has 2 aromatic heterocycles. The van der Waals surface area contributed by atoms with Gasteiger partial charge in [0.1, 0.15) is 22.9 Å². The summed E-state index contributed by atoms with van der Waals surface area (Å²) in [7, 11) is 4.60. The van der Waals surface area contributed by atoms with Gasteiger partial charge in [0.25, 0.3) is 0 Å². The number of nitrogens with zero attached hydrogens (tertiary/aromatic N) is 1. The van der Waals surface area contributed by atoms with Crippen LogP contribution >= 0.6 is 0 Å². The molecule has 0 aliphatic carbocycles. The maximum atomic E-state index is 13.1. The van der Waals surface area contributed by atoms with Gasteiger partial charge in [-0.05, 0) is 72.8 Å². The number of furan rings is 1. The van der Waals surface area contributed by atoms with Gasteiger partial charge in [-0.1, -0.05) is 0 Å². The normalized spacial score (nSPS) is 11.2. The molecule has 0 fully saturated rings. The van der Waals surface area contributed by atoms with Crippen molar-refractivity contribution in [2.24, 2.45) is 0 Å². The van der Waals surface area contributed by atoms with Gasteiger partial charge in [-0.3, -0.25) is 4.79 Å². The molecule has 1 N–H and O–H groups in total. The van der Waals surface area contributed by atoms with Crippen molar-refractivity contribution >= 4 is 28.8 Å². The molecule has 5 rings (SSSR count). The van der Waals surface area contributed by atoms with Crippen LogP contribution in [0.25, 0.3) is 40.0 Å². The molecule has 0 radical (unpaired) electrons. The van der Waals surface area contributed by atoms with Crippen molar-refractivity contribution in [1.82, 2.24) is 4.98 Å². The third kappa shape index (κ3) is 5.08. The molecule has 0 aliphatic heterocycles. The Balaban J connectivity index is 1.31. The molecule has 0 unspecified atom stereocenters. The van der Waals surface area contributed by atoms with Crippen molar-refractivity contribution < 1.29 is 32.2 Å². The number of methoxy groups -OCH3 is 3. The Hall–Kier alpha value is -5.05. The molecule has 0 aliphatic rings. The van der Waals surface area contributed by atoms with E-state index in [1.807, 2.05) is 0 Å². The van der Waals surface area contributed by atoms with Crippen LogP contribution in [0.15, 0.2) is 81.6 Å². The Morgan fingerprint density at radius 3 is 2.29 bits per heavy atom. The lowest BCUT2D eigenvalue weighted by atomic mass is 10.2. The number of benzene rings is 3. The second kappa shape index (κ2) is 10.5. The summed E-state index contributed by atoms with van der Waals surface area (Å²) in [6.07, 6.45) is 2.92. The predicted octanol–water partition coefficient (Wildman–Crippen LogP) is 6.57. The zero-order valence-corrected chi connectivity index (χ0v) is 20.8. The highest BCUT2D eigenvalue weighted by Gasteiger charge is 2.17. The molecule has 192 valence electrons. The highest BCUT2D eigenvalue weighted by atomic mass is 19.1. The molecule has 1 amide bonds. The zero-order valence-electron chi connectivity index (χ0n) is 20.8. The fourth-order valence-electron chi connectivity index (χ4n) is 3.89. The monoisotopic (exact) mass is 514 g/mol. The van der Waals surface area contributed by atoms with Gasteiger partial charge in [0.05, 0.1) is 21.3 Å². The number of carbonyl (C=O) groups is 1. The Kier molecular flexibility index (Phi) is 6.82. The number of oxazole rings is 1. The minimum absolute atomic E-state index is 0.321. The number of aromatic nitrogens is 1. The van der Waals surface area contributed by atoms with E-state index in [9.17, 15) is 9.18 Å². The topological polar surface area (TPSA) is 96.0 Å². The number of nitrogens with one attached hydrogen (secondary N) is 1. The predicted molar refractivity (Wildman–Crippen MR) is 141 cm³/mol. The van der Waals surface area contributed by atoms with E-state index in [1.165, 1.54) is 39.5 Å². The van der Waals surface area contributed by atoms with Crippen LogP contribution < -0.4 is 19.5 Å². The molecule has 0 saturated heterocycles. The van der Waals surface area contributed by atoms with Crippen molar-refractivity contribution in [2.75, 3.05) is 26.6 Å². The summed E-state index contributed by atoms with van der Waals surface area (Å²) >= 11 is 0. The van der Waals surface area contributed by atoms with Gasteiger partial charge in [-0.25, -0.2) is 9.37 Å². The van der Waals surface area contributed by atoms with E-state index in [2.05, 4.69) is 10.3 Å². The fraction of sp³-hybridized carbons (Fsp3) is 0.103. The number of anilines is 1. The molecule has 9 heteroatoms. The van der Waals surface area contributed by atoms with E-state index >= 15 is 0 Å². The summed E-state index contributed by atoms with van der Waals surface area (Å²) < 4.78 is 41.0. The highest BCUT2D eigenvalue weighted by molar-refractivity contribution is 6.02. The molecular formula is C29H23FN2O6. The van der Waals surface area contributed by atoms with Crippen LogP contribution in [0.3, 0.4) is 0 Å². The summed E-state index contributed by atoms with van der Waals surface area (Å²) in [6, 6.07) is 18.1. The minimum atomic E-state index is -0.350. The lowest BCUT2D eigenvalue weighted by Gasteiger charge is -2.12. The number of halogens is 1. The first-order valence-corrected chi connectivity index (χ1v) is 11.5. The summed E-state index contributed by atoms with van der Waals surface area (Å²) in [5.74, 6) is 2.17. The number of carbonyl (C=O) groups excluding carboxylic acids is 1. The van der Waals surface area contributed by atoms with Crippen LogP contribution in [0.1, 0.15) is 5.76 Å². The summed E-state index contributed by atoms with van der Waals surface area (Å²) in [4.78, 5) is 17.1. The summed E-state index contributed by atoms with van der Waals surface area (Å²) in [6.45, 7) is 0. The SMILES string of the molecule is COc1cc(-c2nc3cc(NC(=O)/C=C/c4ccc(-c5ccc(F)cc5)o4)ccc3o2)cc(OC)c1OC. The van der Waals surface area contributed by atoms with Crippen LogP contribution in [0.5, 0.6) is 17.2 Å². The second-order valence-electron chi connectivity index (χ2n) is 8.15. The van der Waals surface area contributed by atoms with Crippen molar-refractivity contribution in [3.63, 3.8) is 0 Å². The van der Waals surface area contributed by atoms with Crippen molar-refractivity contribution in [3.8, 4) is 40.0 Å². The molecule has 2 heterocycles. The Bertz CT molecular complexity index is 1610. The van der Waals surface area contributed by atoms with Crippen molar-refractivity contribution in [1.29, 1.82) is 0 Å². The van der Waals surface area contributed by atoms with Gasteiger partial charge in [-0.2, -0.15) is 0 Å². The van der Waals surface area contributed by atoms with E-state index in [0.29, 0.717) is 57.0 Å². The Morgan fingerprint density at radius 1 is 0.868 bits per heavy atom. The number of hydrogen-bond acceptors (Lipinski definition) is 7. The molecule has 0 saturated carbocycles. The molecule has 8 nitrogen and oxygen atoms in total. The number of amides is 1. The average molecular weight is 515 g/mol. The maximum Gasteiger partial charge on any atom is 0.248 e. The number of fused-ring (bicyclic) bond motifs is 1. The van der Waals surface area contributed by atoms with E-state index < -0.39 is 0 Å². The van der Waals surface area contributed by atoms with Gasteiger partial charge in [0.15, 0.2) is 17.1 Å². The molecule has 0 bridgehead atoms. The van der Waals surface area contributed by atoms with E-state index in [1.54, 1.807) is 60.7 Å². The van der Waals surface area contributed by atoms with Crippen LogP contribution in [-0.4, -0.2) is 32.2 Å². The minimum Gasteiger partial charge on any atom is -0.493 e. The molecule has 38 heavy (non-hydrogen) atoms. The smallest absolute Gasteiger partial charge is 0.248 e. The molecular weight excluding hydrogens is 491 g/mol. The second-order valence-corrected chi connectivity index (χ2v) is 8.15. The number of rotatable bonds is 8. The molecule has 0 atom stereocenters. The summed E-state index contributed by atoms with van der Waals surface area (Å²) in [5, 5.41) is 2.80. The molecule has 0 spiro atoms. The third-order valence-electron chi connectivity index (χ3n) is 5.72. The standard InChI is InChI=1S/C29H23FN2O6/c1-34-25-14-18(15-26(35-2)28(25)36-3)29-32-22-16-20(8-11-24(22)38-29)31-27(33)13-10-21-9-12-23(37-21)17-4-6-19(30)7-5-17/h4-16H,1-3H3,(H,31,33)/b13-10+. The van der Waals surface area contributed by atoms with Gasteiger partial charge in [0.2, 0.25) is 17.5 Å². The van der Waals surface area contributed by atoms with Crippen LogP contribution in [0.4, 0.5) is 10.1 Å². The Morgan fingerprint density at radius 2 is 1.61 bits per heavy atom. The lowest BCUT2D eigenvalue weighted by molar-refractivity contribution is -0.111. The van der Waals surface area contributed by atoms with E-state index in [4.69, 9.17) is 23.0 Å². The first kappa shape index (κ1) is 24.6. The van der Waals surface area contributed by atoms with Gasteiger partial charge >= 0.3 is 0 Å². The van der Waals surface area contributed by atoms with Crippen molar-refractivity contribution in [2.45, 2.75) is 0 Å². The average Bonchev–Trinajstić information content (AvgIpc) is 3.58. The fourth-order valence-corrected chi connectivity index (χ4v) is 3.89. The van der Waals surface area contributed by atoms with Crippen LogP contribution in [0.2, 0.25) is 0 Å². The van der Waals surface area contributed by atoms with Gasteiger partial charge in [-0.15, -0.1) is 0 Å². The van der Waals surface area contributed by atoms with Gasteiger partial charge in [0, 0.05) is 22.9 Å². The van der Waals surface area contributed by atoms with Gasteiger partial charge < -0.3 is 28.4 Å². The lowest BCUT2D eigenvalue weighted by Crippen LogP contribution is -2.07. The molecule has 3 aromatic carbocycles. The first-order chi connectivity index (χ1) is 18.5. The quantitative estimate of drug-likeness (QED) is 0.234. The number of hydrogen-bond donors (Lipinski definition) is 1. The van der Waals surface area contributed by atoms with Crippen LogP contribution in [0, 0.1) is 5.82 Å². The zero-order chi connectivity index (χ0) is 26.6. The van der Waals surface area contributed by atoms with E-state index in [-0.39, 0.29) is 11.7 Å². The Labute approximate surface area is 217 Å². The third-order valence-corrected chi connectivity index (χ3v) is 5.72. The van der Waals surface area contributed by atoms with Crippen LogP contribution in [-0.2, 0) is 4.79 Å². The maximum absolute atomic E-state index is 13.1. The summed E-state index contributed by atoms with van der Waals surface area (Å²) in [5.41, 5.74) is 3.03.